The SMILES string of the molecule is COc1cccc(CN2C(=O)N(c3ncc(-c4cn[nH]c4)c(C)n3)CC23CCN(C(=O)CC(C)C)CC3)c1. The number of ether oxygens (including phenoxy) is 1. The van der Waals surface area contributed by atoms with Gasteiger partial charge in [0.25, 0.3) is 0 Å². The molecule has 1 aromatic carbocycles. The molecule has 0 aliphatic carbocycles. The molecule has 3 amide bonds. The molecule has 10 heteroatoms. The number of nitrogens with zero attached hydrogens (tertiary/aromatic N) is 6. The van der Waals surface area contributed by atoms with Gasteiger partial charge in [-0.2, -0.15) is 5.10 Å². The lowest BCUT2D eigenvalue weighted by Gasteiger charge is -2.44. The summed E-state index contributed by atoms with van der Waals surface area (Å²) in [5.74, 6) is 1.65. The van der Waals surface area contributed by atoms with E-state index >= 15 is 0 Å². The summed E-state index contributed by atoms with van der Waals surface area (Å²) < 4.78 is 5.42. The number of benzene rings is 1. The van der Waals surface area contributed by atoms with Crippen LogP contribution in [0.1, 0.15) is 44.4 Å². The number of H-pyrrole nitrogens is 1. The number of piperidine rings is 1. The minimum Gasteiger partial charge on any atom is -0.497 e. The molecule has 3 aromatic rings. The molecule has 0 saturated carbocycles. The van der Waals surface area contributed by atoms with E-state index in [2.05, 4.69) is 29.0 Å². The van der Waals surface area contributed by atoms with Gasteiger partial charge >= 0.3 is 6.03 Å². The number of urea groups is 1. The Bertz CT molecular complexity index is 1300. The predicted molar refractivity (Wildman–Crippen MR) is 144 cm³/mol. The summed E-state index contributed by atoms with van der Waals surface area (Å²) in [4.78, 5) is 41.6. The fraction of sp³-hybridized carbons (Fsp3) is 0.464. The van der Waals surface area contributed by atoms with Crippen molar-refractivity contribution in [3.8, 4) is 16.9 Å². The average Bonchev–Trinajstić information content (AvgIpc) is 3.52. The van der Waals surface area contributed by atoms with Crippen LogP contribution in [0.2, 0.25) is 0 Å². The van der Waals surface area contributed by atoms with Crippen molar-refractivity contribution in [2.75, 3.05) is 31.6 Å². The maximum atomic E-state index is 14.0. The Hall–Kier alpha value is -3.95. The first kappa shape index (κ1) is 25.7. The van der Waals surface area contributed by atoms with Gasteiger partial charge in [0.15, 0.2) is 0 Å². The minimum absolute atomic E-state index is 0.120. The molecule has 1 N–H and O–H groups in total. The topological polar surface area (TPSA) is 108 Å². The molecule has 2 saturated heterocycles. The van der Waals surface area contributed by atoms with Crippen LogP contribution in [-0.2, 0) is 11.3 Å². The van der Waals surface area contributed by atoms with Crippen molar-refractivity contribution >= 4 is 17.9 Å². The molecule has 5 rings (SSSR count). The fourth-order valence-electron chi connectivity index (χ4n) is 5.49. The fourth-order valence-corrected chi connectivity index (χ4v) is 5.49. The summed E-state index contributed by atoms with van der Waals surface area (Å²) in [6.07, 6.45) is 7.23. The van der Waals surface area contributed by atoms with Gasteiger partial charge < -0.3 is 14.5 Å². The van der Waals surface area contributed by atoms with E-state index in [-0.39, 0.29) is 11.9 Å². The van der Waals surface area contributed by atoms with Gasteiger partial charge in [0.2, 0.25) is 11.9 Å². The Kier molecular flexibility index (Phi) is 7.05. The number of likely N-dealkylation sites (tertiary alicyclic amines) is 1. The molecule has 2 fully saturated rings. The highest BCUT2D eigenvalue weighted by molar-refractivity contribution is 5.94. The second kappa shape index (κ2) is 10.4. The van der Waals surface area contributed by atoms with Gasteiger partial charge in [0.05, 0.1) is 31.1 Å². The van der Waals surface area contributed by atoms with Gasteiger partial charge in [-0.3, -0.25) is 14.8 Å². The molecule has 4 heterocycles. The van der Waals surface area contributed by atoms with Gasteiger partial charge in [-0.1, -0.05) is 26.0 Å². The lowest BCUT2D eigenvalue weighted by Crippen LogP contribution is -2.55. The number of hydrogen-bond donors (Lipinski definition) is 1. The quantitative estimate of drug-likeness (QED) is 0.507. The summed E-state index contributed by atoms with van der Waals surface area (Å²) in [5, 5.41) is 6.83. The zero-order chi connectivity index (χ0) is 26.9. The van der Waals surface area contributed by atoms with Crippen molar-refractivity contribution in [1.29, 1.82) is 0 Å². The van der Waals surface area contributed by atoms with Crippen LogP contribution in [0.15, 0.2) is 42.9 Å². The molecule has 2 aliphatic rings. The summed E-state index contributed by atoms with van der Waals surface area (Å²) in [5.41, 5.74) is 3.11. The first-order valence-corrected chi connectivity index (χ1v) is 13.1. The standard InChI is InChI=1S/C28H35N7O3/c1-19(2)12-25(36)33-10-8-28(9-11-33)18-34(26-29-16-24(20(3)32-26)22-14-30-31-15-22)27(37)35(28)17-21-6-5-7-23(13-21)38-4/h5-7,13-16,19H,8-12,17-18H2,1-4H3,(H,30,31). The maximum absolute atomic E-state index is 14.0. The Balaban J connectivity index is 1.43. The van der Waals surface area contributed by atoms with Crippen molar-refractivity contribution in [3.63, 3.8) is 0 Å². The van der Waals surface area contributed by atoms with E-state index in [9.17, 15) is 9.59 Å². The third-order valence-corrected chi connectivity index (χ3v) is 7.61. The van der Waals surface area contributed by atoms with Crippen LogP contribution >= 0.6 is 0 Å². The number of amides is 3. The second-order valence-corrected chi connectivity index (χ2v) is 10.7. The Morgan fingerprint density at radius 2 is 2.00 bits per heavy atom. The van der Waals surface area contributed by atoms with Gasteiger partial charge in [0, 0.05) is 49.6 Å². The monoisotopic (exact) mass is 517 g/mol. The zero-order valence-electron chi connectivity index (χ0n) is 22.5. The number of nitrogens with one attached hydrogen (secondary N) is 1. The second-order valence-electron chi connectivity index (χ2n) is 10.7. The van der Waals surface area contributed by atoms with Crippen molar-refractivity contribution in [2.45, 2.75) is 52.1 Å². The smallest absolute Gasteiger partial charge is 0.327 e. The normalized spacial score (nSPS) is 17.1. The van der Waals surface area contributed by atoms with E-state index in [1.165, 1.54) is 0 Å². The molecule has 0 unspecified atom stereocenters. The number of carbonyl (C=O) groups excluding carboxylic acids is 2. The average molecular weight is 518 g/mol. The molecule has 0 atom stereocenters. The number of methoxy groups -OCH3 is 1. The highest BCUT2D eigenvalue weighted by Gasteiger charge is 2.52. The van der Waals surface area contributed by atoms with E-state index in [1.807, 2.05) is 41.0 Å². The number of carbonyl (C=O) groups is 2. The van der Waals surface area contributed by atoms with Gasteiger partial charge in [-0.05, 0) is 43.4 Å². The lowest BCUT2D eigenvalue weighted by molar-refractivity contribution is -0.134. The van der Waals surface area contributed by atoms with Gasteiger partial charge in [0.1, 0.15) is 5.75 Å². The molecular formula is C28H35N7O3. The van der Waals surface area contributed by atoms with E-state index in [0.29, 0.717) is 57.3 Å². The molecule has 2 aliphatic heterocycles. The molecular weight excluding hydrogens is 482 g/mol. The van der Waals surface area contributed by atoms with Crippen LogP contribution in [0.3, 0.4) is 0 Å². The third-order valence-electron chi connectivity index (χ3n) is 7.61. The van der Waals surface area contributed by atoms with Crippen molar-refractivity contribution in [2.24, 2.45) is 5.92 Å². The molecule has 0 bridgehead atoms. The van der Waals surface area contributed by atoms with E-state index in [4.69, 9.17) is 9.72 Å². The summed E-state index contributed by atoms with van der Waals surface area (Å²) in [6, 6.07) is 7.69. The predicted octanol–water partition coefficient (Wildman–Crippen LogP) is 4.03. The summed E-state index contributed by atoms with van der Waals surface area (Å²) in [6.45, 7) is 8.21. The van der Waals surface area contributed by atoms with Crippen molar-refractivity contribution < 1.29 is 14.3 Å². The molecule has 1 spiro atoms. The molecule has 10 nitrogen and oxygen atoms in total. The molecule has 0 radical (unpaired) electrons. The van der Waals surface area contributed by atoms with Crippen LogP contribution in [-0.4, -0.2) is 74.2 Å². The Morgan fingerprint density at radius 1 is 1.21 bits per heavy atom. The minimum atomic E-state index is -0.421. The van der Waals surface area contributed by atoms with E-state index in [0.717, 1.165) is 28.1 Å². The van der Waals surface area contributed by atoms with Gasteiger partial charge in [-0.15, -0.1) is 0 Å². The molecule has 38 heavy (non-hydrogen) atoms. The molecule has 2 aromatic heterocycles. The van der Waals surface area contributed by atoms with E-state index < -0.39 is 5.54 Å². The maximum Gasteiger partial charge on any atom is 0.327 e. The van der Waals surface area contributed by atoms with Crippen LogP contribution in [0.25, 0.3) is 11.1 Å². The summed E-state index contributed by atoms with van der Waals surface area (Å²) in [7, 11) is 1.64. The number of aromatic amines is 1. The first-order chi connectivity index (χ1) is 18.3. The zero-order valence-corrected chi connectivity index (χ0v) is 22.5. The number of hydrogen-bond acceptors (Lipinski definition) is 6. The Labute approximate surface area is 223 Å². The van der Waals surface area contributed by atoms with Crippen LogP contribution in [0, 0.1) is 12.8 Å². The summed E-state index contributed by atoms with van der Waals surface area (Å²) >= 11 is 0. The van der Waals surface area contributed by atoms with Crippen LogP contribution in [0.5, 0.6) is 5.75 Å². The van der Waals surface area contributed by atoms with Crippen molar-refractivity contribution in [1.82, 2.24) is 30.0 Å². The number of anilines is 1. The Morgan fingerprint density at radius 3 is 2.66 bits per heavy atom. The number of aromatic nitrogens is 4. The third kappa shape index (κ3) is 4.94. The van der Waals surface area contributed by atoms with Crippen LogP contribution < -0.4 is 9.64 Å². The highest BCUT2D eigenvalue weighted by atomic mass is 16.5. The van der Waals surface area contributed by atoms with Crippen LogP contribution in [0.4, 0.5) is 10.7 Å². The largest absolute Gasteiger partial charge is 0.497 e. The first-order valence-electron chi connectivity index (χ1n) is 13.1. The van der Waals surface area contributed by atoms with E-state index in [1.54, 1.807) is 30.6 Å². The molecule has 200 valence electrons. The lowest BCUT2D eigenvalue weighted by atomic mass is 9.86. The van der Waals surface area contributed by atoms with Crippen molar-refractivity contribution in [3.05, 3.63) is 54.1 Å². The number of aryl methyl sites for hydroxylation is 1. The highest BCUT2D eigenvalue weighted by Crippen LogP contribution is 2.39. The number of rotatable bonds is 7. The van der Waals surface area contributed by atoms with Gasteiger partial charge in [-0.25, -0.2) is 14.8 Å².